The molecule has 7 heteroatoms. The number of aromatic nitrogens is 2. The number of carbonyl (C=O) groups is 1. The molecule has 2 N–H and O–H groups in total. The fourth-order valence-corrected chi connectivity index (χ4v) is 3.16. The van der Waals surface area contributed by atoms with Crippen molar-refractivity contribution >= 4 is 23.5 Å². The molecule has 0 saturated heterocycles. The zero-order valence-corrected chi connectivity index (χ0v) is 14.6. The van der Waals surface area contributed by atoms with Gasteiger partial charge in [-0.05, 0) is 37.8 Å². The number of anilines is 1. The van der Waals surface area contributed by atoms with Crippen LogP contribution < -0.4 is 15.6 Å². The van der Waals surface area contributed by atoms with Gasteiger partial charge in [0.2, 0.25) is 5.91 Å². The molecule has 0 saturated carbocycles. The van der Waals surface area contributed by atoms with E-state index in [4.69, 9.17) is 4.74 Å². The van der Waals surface area contributed by atoms with E-state index >= 15 is 0 Å². The predicted molar refractivity (Wildman–Crippen MR) is 93.9 cm³/mol. The fraction of sp³-hybridized carbons (Fsp3) is 0.353. The van der Waals surface area contributed by atoms with Crippen LogP contribution in [0.4, 0.5) is 5.82 Å². The van der Waals surface area contributed by atoms with Crippen molar-refractivity contribution in [2.45, 2.75) is 37.4 Å². The summed E-state index contributed by atoms with van der Waals surface area (Å²) in [5, 5.41) is 3.19. The minimum Gasteiger partial charge on any atom is -0.491 e. The lowest BCUT2D eigenvalue weighted by molar-refractivity contribution is -0.116. The molecule has 1 aromatic carbocycles. The average molecular weight is 345 g/mol. The third-order valence-electron chi connectivity index (χ3n) is 3.78. The Labute approximate surface area is 144 Å². The van der Waals surface area contributed by atoms with Crippen molar-refractivity contribution in [2.24, 2.45) is 0 Å². The summed E-state index contributed by atoms with van der Waals surface area (Å²) >= 11 is 1.33. The maximum absolute atomic E-state index is 12.5. The lowest BCUT2D eigenvalue weighted by Gasteiger charge is -2.24. The van der Waals surface area contributed by atoms with Crippen LogP contribution in [-0.4, -0.2) is 28.2 Å². The van der Waals surface area contributed by atoms with Crippen molar-refractivity contribution in [2.75, 3.05) is 11.6 Å². The van der Waals surface area contributed by atoms with Gasteiger partial charge in [0.05, 0.1) is 11.7 Å². The number of rotatable bonds is 4. The molecular weight excluding hydrogens is 326 g/mol. The lowest BCUT2D eigenvalue weighted by Crippen LogP contribution is -2.31. The Bertz CT molecular complexity index is 815. The normalized spacial score (nSPS) is 16.7. The number of H-pyrrole nitrogens is 1. The first-order valence-corrected chi connectivity index (χ1v) is 8.95. The van der Waals surface area contributed by atoms with Gasteiger partial charge in [-0.1, -0.05) is 23.9 Å². The molecule has 1 aromatic heterocycles. The molecular formula is C17H19N3O3S. The number of fused-ring (bicyclic) bond motifs is 1. The van der Waals surface area contributed by atoms with Crippen molar-refractivity contribution in [1.82, 2.24) is 9.97 Å². The number of hydrogen-bond donors (Lipinski definition) is 2. The molecule has 2 heterocycles. The van der Waals surface area contributed by atoms with Gasteiger partial charge < -0.3 is 15.0 Å². The quantitative estimate of drug-likeness (QED) is 0.657. The van der Waals surface area contributed by atoms with Crippen LogP contribution >= 0.6 is 11.8 Å². The minimum atomic E-state index is -0.311. The van der Waals surface area contributed by atoms with Gasteiger partial charge in [0.25, 0.3) is 5.56 Å². The van der Waals surface area contributed by atoms with E-state index in [1.807, 2.05) is 44.4 Å². The Balaban J connectivity index is 2.01. The van der Waals surface area contributed by atoms with E-state index < -0.39 is 0 Å². The lowest BCUT2D eigenvalue weighted by atomic mass is 9.87. The number of thioether (sulfide) groups is 1. The maximum atomic E-state index is 12.5. The summed E-state index contributed by atoms with van der Waals surface area (Å²) in [5.74, 6) is 0.667. The maximum Gasteiger partial charge on any atom is 0.257 e. The summed E-state index contributed by atoms with van der Waals surface area (Å²) in [6.45, 7) is 3.92. The number of amides is 1. The van der Waals surface area contributed by atoms with E-state index in [1.165, 1.54) is 11.8 Å². The number of nitrogens with one attached hydrogen (secondary N) is 2. The number of carbonyl (C=O) groups excluding carboxylic acids is 1. The summed E-state index contributed by atoms with van der Waals surface area (Å²) in [7, 11) is 0. The Kier molecular flexibility index (Phi) is 4.62. The highest BCUT2D eigenvalue weighted by atomic mass is 32.2. The van der Waals surface area contributed by atoms with Crippen molar-refractivity contribution < 1.29 is 9.53 Å². The van der Waals surface area contributed by atoms with Crippen LogP contribution in [0.2, 0.25) is 0 Å². The molecule has 126 valence electrons. The van der Waals surface area contributed by atoms with Crippen LogP contribution in [0.1, 0.15) is 37.3 Å². The van der Waals surface area contributed by atoms with Crippen LogP contribution in [0, 0.1) is 0 Å². The van der Waals surface area contributed by atoms with Gasteiger partial charge >= 0.3 is 0 Å². The summed E-state index contributed by atoms with van der Waals surface area (Å²) in [6, 6.07) is 7.51. The van der Waals surface area contributed by atoms with Crippen LogP contribution in [0.3, 0.4) is 0 Å². The first-order valence-electron chi connectivity index (χ1n) is 7.72. The first kappa shape index (κ1) is 16.6. The van der Waals surface area contributed by atoms with Crippen LogP contribution in [0.25, 0.3) is 0 Å². The summed E-state index contributed by atoms with van der Waals surface area (Å²) in [5.41, 5.74) is 1.19. The average Bonchev–Trinajstić information content (AvgIpc) is 2.53. The smallest absolute Gasteiger partial charge is 0.257 e. The molecule has 1 aliphatic heterocycles. The zero-order chi connectivity index (χ0) is 17.3. The molecule has 3 rings (SSSR count). The predicted octanol–water partition coefficient (Wildman–Crippen LogP) is 2.75. The summed E-state index contributed by atoms with van der Waals surface area (Å²) in [4.78, 5) is 31.6. The SMILES string of the molecule is CSc1nc2c(c(=O)[nH]1)C(c1ccc(OC(C)C)cc1)CC(=O)N2. The second-order valence-corrected chi connectivity index (χ2v) is 6.67. The van der Waals surface area contributed by atoms with Gasteiger partial charge in [0.1, 0.15) is 11.6 Å². The standard InChI is InChI=1S/C17H19N3O3S/c1-9(2)23-11-6-4-10(5-7-11)12-8-13(21)18-15-14(12)16(22)20-17(19-15)24-3/h4-7,9,12H,8H2,1-3H3,(H2,18,19,20,21,22). The monoisotopic (exact) mass is 345 g/mol. The Morgan fingerprint density at radius 3 is 2.58 bits per heavy atom. The molecule has 0 radical (unpaired) electrons. The third kappa shape index (κ3) is 3.31. The molecule has 0 aliphatic carbocycles. The highest BCUT2D eigenvalue weighted by molar-refractivity contribution is 7.98. The number of hydrogen-bond acceptors (Lipinski definition) is 5. The molecule has 1 aliphatic rings. The van der Waals surface area contributed by atoms with Gasteiger partial charge in [-0.3, -0.25) is 9.59 Å². The second kappa shape index (κ2) is 6.68. The van der Waals surface area contributed by atoms with Crippen LogP contribution in [0.15, 0.2) is 34.2 Å². The van der Waals surface area contributed by atoms with Gasteiger partial charge in [-0.2, -0.15) is 0 Å². The van der Waals surface area contributed by atoms with Gasteiger partial charge in [-0.25, -0.2) is 4.98 Å². The molecule has 1 unspecified atom stereocenters. The number of nitrogens with zero attached hydrogens (tertiary/aromatic N) is 1. The highest BCUT2D eigenvalue weighted by Gasteiger charge is 2.30. The molecule has 0 spiro atoms. The Morgan fingerprint density at radius 2 is 1.96 bits per heavy atom. The van der Waals surface area contributed by atoms with Gasteiger partial charge in [-0.15, -0.1) is 0 Å². The summed E-state index contributed by atoms with van der Waals surface area (Å²) in [6.07, 6.45) is 2.13. The van der Waals surface area contributed by atoms with E-state index in [0.29, 0.717) is 16.5 Å². The molecule has 1 amide bonds. The number of ether oxygens (including phenoxy) is 1. The molecule has 0 fully saturated rings. The minimum absolute atomic E-state index is 0.0917. The third-order valence-corrected chi connectivity index (χ3v) is 4.36. The fourth-order valence-electron chi connectivity index (χ4n) is 2.78. The molecule has 1 atom stereocenters. The number of benzene rings is 1. The largest absolute Gasteiger partial charge is 0.491 e. The van der Waals surface area contributed by atoms with E-state index in [2.05, 4.69) is 15.3 Å². The van der Waals surface area contributed by atoms with Crippen molar-refractivity contribution in [3.05, 3.63) is 45.7 Å². The van der Waals surface area contributed by atoms with E-state index in [1.54, 1.807) is 0 Å². The molecule has 0 bridgehead atoms. The Morgan fingerprint density at radius 1 is 1.25 bits per heavy atom. The van der Waals surface area contributed by atoms with Crippen molar-refractivity contribution in [3.63, 3.8) is 0 Å². The topological polar surface area (TPSA) is 84.1 Å². The van der Waals surface area contributed by atoms with Gasteiger partial charge in [0.15, 0.2) is 5.16 Å². The van der Waals surface area contributed by atoms with Crippen molar-refractivity contribution in [1.29, 1.82) is 0 Å². The Hall–Kier alpha value is -2.28. The second-order valence-electron chi connectivity index (χ2n) is 5.88. The molecule has 24 heavy (non-hydrogen) atoms. The van der Waals surface area contributed by atoms with E-state index in [9.17, 15) is 9.59 Å². The highest BCUT2D eigenvalue weighted by Crippen LogP contribution is 2.34. The summed E-state index contributed by atoms with van der Waals surface area (Å²) < 4.78 is 5.64. The van der Waals surface area contributed by atoms with Gasteiger partial charge in [0, 0.05) is 12.3 Å². The zero-order valence-electron chi connectivity index (χ0n) is 13.8. The van der Waals surface area contributed by atoms with E-state index in [-0.39, 0.29) is 29.9 Å². The number of aromatic amines is 1. The van der Waals surface area contributed by atoms with Crippen LogP contribution in [0.5, 0.6) is 5.75 Å². The van der Waals surface area contributed by atoms with Crippen molar-refractivity contribution in [3.8, 4) is 5.75 Å². The first-order chi connectivity index (χ1) is 11.5. The van der Waals surface area contributed by atoms with E-state index in [0.717, 1.165) is 11.3 Å². The van der Waals surface area contributed by atoms with Crippen LogP contribution in [-0.2, 0) is 4.79 Å². The molecule has 6 nitrogen and oxygen atoms in total. The molecule has 2 aromatic rings.